The molecule has 1 heterocycles. The van der Waals surface area contributed by atoms with Gasteiger partial charge >= 0.3 is 0 Å². The SMILES string of the molecule is CC(C)(N)c1cc(O)n(C(C)(C)N)c1O. The molecule has 0 aliphatic carbocycles. The first kappa shape index (κ1) is 11.9. The summed E-state index contributed by atoms with van der Waals surface area (Å²) in [6, 6.07) is 1.43. The van der Waals surface area contributed by atoms with Crippen LogP contribution in [-0.2, 0) is 11.2 Å². The minimum atomic E-state index is -0.877. The van der Waals surface area contributed by atoms with E-state index in [4.69, 9.17) is 11.5 Å². The third-order valence-corrected chi connectivity index (χ3v) is 2.23. The quantitative estimate of drug-likeness (QED) is 0.582. The predicted molar refractivity (Wildman–Crippen MR) is 58.5 cm³/mol. The summed E-state index contributed by atoms with van der Waals surface area (Å²) in [5.74, 6) is -0.180. The first-order valence-electron chi connectivity index (χ1n) is 4.77. The maximum Gasteiger partial charge on any atom is 0.200 e. The van der Waals surface area contributed by atoms with E-state index < -0.39 is 11.2 Å². The number of hydrogen-bond donors (Lipinski definition) is 4. The molecule has 0 bridgehead atoms. The van der Waals surface area contributed by atoms with Crippen molar-refractivity contribution in [3.8, 4) is 11.8 Å². The van der Waals surface area contributed by atoms with Gasteiger partial charge in [0.15, 0.2) is 5.88 Å². The maximum absolute atomic E-state index is 9.92. The minimum Gasteiger partial charge on any atom is -0.494 e. The van der Waals surface area contributed by atoms with Gasteiger partial charge in [-0.05, 0) is 27.7 Å². The molecule has 1 rings (SSSR count). The van der Waals surface area contributed by atoms with Crippen LogP contribution in [0.5, 0.6) is 11.8 Å². The zero-order valence-corrected chi connectivity index (χ0v) is 9.57. The van der Waals surface area contributed by atoms with Crippen LogP contribution in [0, 0.1) is 0 Å². The molecule has 1 aromatic heterocycles. The second kappa shape index (κ2) is 3.15. The van der Waals surface area contributed by atoms with E-state index in [2.05, 4.69) is 0 Å². The van der Waals surface area contributed by atoms with Crippen molar-refractivity contribution in [1.29, 1.82) is 0 Å². The Labute approximate surface area is 89.3 Å². The molecule has 0 radical (unpaired) electrons. The Balaban J connectivity index is 3.41. The van der Waals surface area contributed by atoms with Crippen molar-refractivity contribution in [2.45, 2.75) is 38.9 Å². The lowest BCUT2D eigenvalue weighted by atomic mass is 9.98. The van der Waals surface area contributed by atoms with Crippen molar-refractivity contribution in [1.82, 2.24) is 4.57 Å². The van der Waals surface area contributed by atoms with Gasteiger partial charge in [0.2, 0.25) is 5.88 Å². The Morgan fingerprint density at radius 1 is 1.13 bits per heavy atom. The second-order valence-corrected chi connectivity index (χ2v) is 4.95. The molecule has 0 saturated carbocycles. The van der Waals surface area contributed by atoms with Crippen LogP contribution in [0.15, 0.2) is 6.07 Å². The molecule has 5 nitrogen and oxygen atoms in total. The van der Waals surface area contributed by atoms with Gasteiger partial charge in [-0.15, -0.1) is 0 Å². The summed E-state index contributed by atoms with van der Waals surface area (Å²) >= 11 is 0. The van der Waals surface area contributed by atoms with Gasteiger partial charge in [-0.3, -0.25) is 4.57 Å². The smallest absolute Gasteiger partial charge is 0.200 e. The summed E-state index contributed by atoms with van der Waals surface area (Å²) in [6.45, 7) is 6.85. The molecular formula is C10H19N3O2. The molecule has 0 aromatic carbocycles. The van der Waals surface area contributed by atoms with E-state index in [9.17, 15) is 10.2 Å². The van der Waals surface area contributed by atoms with E-state index in [1.54, 1.807) is 27.7 Å². The van der Waals surface area contributed by atoms with Crippen LogP contribution in [-0.4, -0.2) is 14.8 Å². The highest BCUT2D eigenvalue weighted by Crippen LogP contribution is 2.36. The Bertz CT molecular complexity index is 369. The summed E-state index contributed by atoms with van der Waals surface area (Å²) in [7, 11) is 0. The standard InChI is InChI=1S/C10H19N3O2/c1-9(2,11)6-5-7(14)13(8(6)15)10(3,4)12/h5,14-15H,11-12H2,1-4H3. The monoisotopic (exact) mass is 213 g/mol. The number of aromatic hydroxyl groups is 2. The third-order valence-electron chi connectivity index (χ3n) is 2.23. The Morgan fingerprint density at radius 3 is 1.80 bits per heavy atom. The van der Waals surface area contributed by atoms with Crippen molar-refractivity contribution >= 4 is 0 Å². The molecule has 6 N–H and O–H groups in total. The van der Waals surface area contributed by atoms with Crippen LogP contribution in [0.1, 0.15) is 33.3 Å². The summed E-state index contributed by atoms with van der Waals surface area (Å²) in [4.78, 5) is 0. The van der Waals surface area contributed by atoms with Gasteiger partial charge in [0, 0.05) is 17.2 Å². The molecule has 86 valence electrons. The van der Waals surface area contributed by atoms with Gasteiger partial charge in [-0.2, -0.15) is 0 Å². The van der Waals surface area contributed by atoms with E-state index in [1.807, 2.05) is 0 Å². The first-order chi connectivity index (χ1) is 6.55. The summed E-state index contributed by atoms with van der Waals surface area (Å²) in [6.07, 6.45) is 0. The van der Waals surface area contributed by atoms with Gasteiger partial charge < -0.3 is 21.7 Å². The van der Waals surface area contributed by atoms with Gasteiger partial charge in [0.05, 0.1) is 5.66 Å². The molecule has 0 aliphatic rings. The van der Waals surface area contributed by atoms with Crippen molar-refractivity contribution < 1.29 is 10.2 Å². The van der Waals surface area contributed by atoms with Crippen LogP contribution < -0.4 is 11.5 Å². The fraction of sp³-hybridized carbons (Fsp3) is 0.600. The van der Waals surface area contributed by atoms with Crippen LogP contribution in [0.4, 0.5) is 0 Å². The van der Waals surface area contributed by atoms with Gasteiger partial charge in [0.1, 0.15) is 0 Å². The summed E-state index contributed by atoms with van der Waals surface area (Å²) < 4.78 is 1.25. The molecule has 15 heavy (non-hydrogen) atoms. The van der Waals surface area contributed by atoms with Crippen molar-refractivity contribution in [2.75, 3.05) is 0 Å². The van der Waals surface area contributed by atoms with E-state index in [-0.39, 0.29) is 11.8 Å². The van der Waals surface area contributed by atoms with Crippen molar-refractivity contribution in [3.05, 3.63) is 11.6 Å². The van der Waals surface area contributed by atoms with Gasteiger partial charge in [-0.25, -0.2) is 0 Å². The maximum atomic E-state index is 9.92. The number of hydrogen-bond acceptors (Lipinski definition) is 4. The predicted octanol–water partition coefficient (Wildman–Crippen LogP) is 0.744. The average molecular weight is 213 g/mol. The largest absolute Gasteiger partial charge is 0.494 e. The highest BCUT2D eigenvalue weighted by atomic mass is 16.3. The molecule has 0 unspecified atom stereocenters. The minimum absolute atomic E-state index is 0.0893. The molecule has 0 atom stereocenters. The lowest BCUT2D eigenvalue weighted by molar-refractivity contribution is 0.269. The fourth-order valence-electron chi connectivity index (χ4n) is 1.53. The van der Waals surface area contributed by atoms with Crippen LogP contribution in [0.2, 0.25) is 0 Å². The normalized spacial score (nSPS) is 13.2. The van der Waals surface area contributed by atoms with E-state index in [0.29, 0.717) is 5.56 Å². The lowest BCUT2D eigenvalue weighted by Gasteiger charge is -2.24. The van der Waals surface area contributed by atoms with Crippen LogP contribution in [0.25, 0.3) is 0 Å². The summed E-state index contributed by atoms with van der Waals surface area (Å²) in [5, 5.41) is 19.6. The first-order valence-corrected chi connectivity index (χ1v) is 4.77. The zero-order chi connectivity index (χ0) is 12.0. The molecule has 0 aliphatic heterocycles. The van der Waals surface area contributed by atoms with E-state index in [0.717, 1.165) is 0 Å². The van der Waals surface area contributed by atoms with Crippen LogP contribution >= 0.6 is 0 Å². The zero-order valence-electron chi connectivity index (χ0n) is 9.57. The third kappa shape index (κ3) is 2.08. The Morgan fingerprint density at radius 2 is 1.60 bits per heavy atom. The highest BCUT2D eigenvalue weighted by molar-refractivity contribution is 5.40. The Kier molecular flexibility index (Phi) is 2.49. The molecule has 1 aromatic rings. The number of nitrogens with zero attached hydrogens (tertiary/aromatic N) is 1. The molecule has 5 heteroatoms. The summed E-state index contributed by atoms with van der Waals surface area (Å²) in [5.41, 5.74) is 10.5. The molecule has 0 amide bonds. The van der Waals surface area contributed by atoms with Crippen molar-refractivity contribution in [2.24, 2.45) is 11.5 Å². The van der Waals surface area contributed by atoms with Crippen molar-refractivity contribution in [3.63, 3.8) is 0 Å². The molecule has 0 saturated heterocycles. The highest BCUT2D eigenvalue weighted by Gasteiger charge is 2.29. The number of aromatic nitrogens is 1. The second-order valence-electron chi connectivity index (χ2n) is 4.95. The molecule has 0 fully saturated rings. The van der Waals surface area contributed by atoms with Gasteiger partial charge in [0.25, 0.3) is 0 Å². The fourth-order valence-corrected chi connectivity index (χ4v) is 1.53. The van der Waals surface area contributed by atoms with E-state index >= 15 is 0 Å². The average Bonchev–Trinajstić information content (AvgIpc) is 2.22. The molecular weight excluding hydrogens is 194 g/mol. The topological polar surface area (TPSA) is 97.4 Å². The number of rotatable bonds is 2. The Hall–Kier alpha value is -1.20. The number of nitrogens with two attached hydrogens (primary N) is 2. The van der Waals surface area contributed by atoms with Crippen LogP contribution in [0.3, 0.4) is 0 Å². The molecule has 0 spiro atoms. The lowest BCUT2D eigenvalue weighted by Crippen LogP contribution is -2.36. The van der Waals surface area contributed by atoms with E-state index in [1.165, 1.54) is 10.6 Å². The van der Waals surface area contributed by atoms with Gasteiger partial charge in [-0.1, -0.05) is 0 Å².